The Bertz CT molecular complexity index is 700. The number of hydrogen-bond acceptors (Lipinski definition) is 2. The maximum atomic E-state index is 11.3. The summed E-state index contributed by atoms with van der Waals surface area (Å²) in [5.41, 5.74) is 2.91. The first-order valence-corrected chi connectivity index (χ1v) is 6.86. The van der Waals surface area contributed by atoms with Crippen molar-refractivity contribution < 1.29 is 9.90 Å². The number of carbonyl (C=O) groups excluding carboxylic acids is 1. The SMILES string of the molecule is O=C1Cc2cc(C(O)c3cc(Cl)ccc3Cl)ccc2N1. The molecule has 0 radical (unpaired) electrons. The highest BCUT2D eigenvalue weighted by Crippen LogP contribution is 2.33. The summed E-state index contributed by atoms with van der Waals surface area (Å²) < 4.78 is 0. The van der Waals surface area contributed by atoms with Crippen LogP contribution in [0.3, 0.4) is 0 Å². The molecule has 1 aliphatic rings. The maximum Gasteiger partial charge on any atom is 0.228 e. The van der Waals surface area contributed by atoms with Gasteiger partial charge in [0.25, 0.3) is 0 Å². The Balaban J connectivity index is 1.99. The lowest BCUT2D eigenvalue weighted by atomic mass is 9.99. The number of halogens is 2. The van der Waals surface area contributed by atoms with E-state index in [0.717, 1.165) is 11.3 Å². The Morgan fingerprint density at radius 2 is 1.95 bits per heavy atom. The molecule has 3 rings (SSSR count). The van der Waals surface area contributed by atoms with Crippen molar-refractivity contribution >= 4 is 34.8 Å². The lowest BCUT2D eigenvalue weighted by molar-refractivity contribution is -0.115. The highest BCUT2D eigenvalue weighted by Gasteiger charge is 2.21. The molecule has 1 atom stereocenters. The number of nitrogens with one attached hydrogen (secondary N) is 1. The Hall–Kier alpha value is -1.55. The molecule has 0 spiro atoms. The molecule has 1 heterocycles. The molecule has 0 aromatic heterocycles. The fourth-order valence-electron chi connectivity index (χ4n) is 2.32. The molecule has 102 valence electrons. The first kappa shape index (κ1) is 13.4. The van der Waals surface area contributed by atoms with Gasteiger partial charge in [0.1, 0.15) is 6.10 Å². The normalized spacial score (nSPS) is 14.8. The van der Waals surface area contributed by atoms with Crippen molar-refractivity contribution in [1.82, 2.24) is 0 Å². The molecule has 3 nitrogen and oxygen atoms in total. The van der Waals surface area contributed by atoms with Crippen LogP contribution in [0.15, 0.2) is 36.4 Å². The number of fused-ring (bicyclic) bond motifs is 1. The Morgan fingerprint density at radius 3 is 2.75 bits per heavy atom. The molecule has 5 heteroatoms. The molecule has 0 aliphatic carbocycles. The average Bonchev–Trinajstić information content (AvgIpc) is 2.79. The second-order valence-corrected chi connectivity index (χ2v) is 5.55. The fourth-order valence-corrected chi connectivity index (χ4v) is 2.72. The first-order chi connectivity index (χ1) is 9.54. The Kier molecular flexibility index (Phi) is 3.42. The van der Waals surface area contributed by atoms with Crippen molar-refractivity contribution in [2.24, 2.45) is 0 Å². The van der Waals surface area contributed by atoms with Crippen molar-refractivity contribution in [3.8, 4) is 0 Å². The topological polar surface area (TPSA) is 49.3 Å². The third-order valence-electron chi connectivity index (χ3n) is 3.32. The van der Waals surface area contributed by atoms with E-state index in [1.54, 1.807) is 30.3 Å². The van der Waals surface area contributed by atoms with Gasteiger partial charge in [0.05, 0.1) is 6.42 Å². The van der Waals surface area contributed by atoms with Gasteiger partial charge in [0.15, 0.2) is 0 Å². The van der Waals surface area contributed by atoms with Crippen LogP contribution >= 0.6 is 23.2 Å². The molecular weight excluding hydrogens is 297 g/mol. The molecule has 2 aromatic rings. The number of rotatable bonds is 2. The number of amides is 1. The Labute approximate surface area is 126 Å². The zero-order valence-electron chi connectivity index (χ0n) is 10.4. The second kappa shape index (κ2) is 5.09. The zero-order chi connectivity index (χ0) is 14.3. The van der Waals surface area contributed by atoms with E-state index in [1.807, 2.05) is 6.07 Å². The van der Waals surface area contributed by atoms with Crippen LogP contribution in [0.4, 0.5) is 5.69 Å². The molecule has 0 fully saturated rings. The summed E-state index contributed by atoms with van der Waals surface area (Å²) in [4.78, 5) is 11.3. The van der Waals surface area contributed by atoms with Crippen LogP contribution in [0, 0.1) is 0 Å². The van der Waals surface area contributed by atoms with Gasteiger partial charge in [-0.1, -0.05) is 35.3 Å². The van der Waals surface area contributed by atoms with Crippen LogP contribution in [-0.4, -0.2) is 11.0 Å². The minimum absolute atomic E-state index is 0.0348. The summed E-state index contributed by atoms with van der Waals surface area (Å²) in [6.45, 7) is 0. The van der Waals surface area contributed by atoms with Crippen LogP contribution in [0.25, 0.3) is 0 Å². The number of anilines is 1. The lowest BCUT2D eigenvalue weighted by Crippen LogP contribution is -2.03. The molecular formula is C15H11Cl2NO2. The molecule has 1 unspecified atom stereocenters. The number of carbonyl (C=O) groups is 1. The summed E-state index contributed by atoms with van der Waals surface area (Å²) in [7, 11) is 0. The predicted octanol–water partition coefficient (Wildman–Crippen LogP) is 3.57. The molecule has 2 N–H and O–H groups in total. The van der Waals surface area contributed by atoms with Gasteiger partial charge in [-0.2, -0.15) is 0 Å². The maximum absolute atomic E-state index is 11.3. The highest BCUT2D eigenvalue weighted by molar-refractivity contribution is 6.33. The van der Waals surface area contributed by atoms with Crippen LogP contribution < -0.4 is 5.32 Å². The van der Waals surface area contributed by atoms with Crippen molar-refractivity contribution in [3.05, 3.63) is 63.1 Å². The van der Waals surface area contributed by atoms with E-state index in [0.29, 0.717) is 27.6 Å². The average molecular weight is 308 g/mol. The third-order valence-corrected chi connectivity index (χ3v) is 3.90. The molecule has 1 aliphatic heterocycles. The standard InChI is InChI=1S/C15H11Cl2NO2/c16-10-2-3-12(17)11(7-10)15(20)8-1-4-13-9(5-8)6-14(19)18-13/h1-5,7,15,20H,6H2,(H,18,19). The highest BCUT2D eigenvalue weighted by atomic mass is 35.5. The monoisotopic (exact) mass is 307 g/mol. The van der Waals surface area contributed by atoms with Gasteiger partial charge in [0.2, 0.25) is 5.91 Å². The number of aliphatic hydroxyl groups excluding tert-OH is 1. The number of hydrogen-bond donors (Lipinski definition) is 2. The Morgan fingerprint density at radius 1 is 1.15 bits per heavy atom. The van der Waals surface area contributed by atoms with Gasteiger partial charge in [-0.25, -0.2) is 0 Å². The predicted molar refractivity (Wildman–Crippen MR) is 79.3 cm³/mol. The van der Waals surface area contributed by atoms with Crippen molar-refractivity contribution in [2.75, 3.05) is 5.32 Å². The molecule has 0 bridgehead atoms. The molecule has 0 saturated heterocycles. The van der Waals surface area contributed by atoms with Gasteiger partial charge in [-0.05, 0) is 35.4 Å². The van der Waals surface area contributed by atoms with Crippen LogP contribution in [0.5, 0.6) is 0 Å². The molecule has 20 heavy (non-hydrogen) atoms. The molecule has 2 aromatic carbocycles. The summed E-state index contributed by atoms with van der Waals surface area (Å²) in [5, 5.41) is 14.2. The minimum Gasteiger partial charge on any atom is -0.384 e. The first-order valence-electron chi connectivity index (χ1n) is 6.10. The van der Waals surface area contributed by atoms with Crippen LogP contribution in [0.2, 0.25) is 10.0 Å². The lowest BCUT2D eigenvalue weighted by Gasteiger charge is -2.14. The van der Waals surface area contributed by atoms with Crippen molar-refractivity contribution in [1.29, 1.82) is 0 Å². The van der Waals surface area contributed by atoms with Crippen LogP contribution in [0.1, 0.15) is 22.8 Å². The summed E-state index contributed by atoms with van der Waals surface area (Å²) >= 11 is 12.0. The zero-order valence-corrected chi connectivity index (χ0v) is 11.9. The molecule has 1 amide bonds. The molecule has 0 saturated carbocycles. The van der Waals surface area contributed by atoms with Crippen LogP contribution in [-0.2, 0) is 11.2 Å². The second-order valence-electron chi connectivity index (χ2n) is 4.71. The van der Waals surface area contributed by atoms with E-state index in [9.17, 15) is 9.90 Å². The van der Waals surface area contributed by atoms with Gasteiger partial charge in [0, 0.05) is 21.3 Å². The van der Waals surface area contributed by atoms with E-state index in [2.05, 4.69) is 5.32 Å². The van der Waals surface area contributed by atoms with E-state index in [-0.39, 0.29) is 5.91 Å². The summed E-state index contributed by atoms with van der Waals surface area (Å²) in [5.74, 6) is -0.0348. The van der Waals surface area contributed by atoms with Crippen molar-refractivity contribution in [2.45, 2.75) is 12.5 Å². The van der Waals surface area contributed by atoms with E-state index < -0.39 is 6.10 Å². The minimum atomic E-state index is -0.873. The number of aliphatic hydroxyl groups is 1. The van der Waals surface area contributed by atoms with E-state index in [4.69, 9.17) is 23.2 Å². The van der Waals surface area contributed by atoms with Gasteiger partial charge >= 0.3 is 0 Å². The summed E-state index contributed by atoms with van der Waals surface area (Å²) in [6, 6.07) is 10.3. The fraction of sp³-hybridized carbons (Fsp3) is 0.133. The quantitative estimate of drug-likeness (QED) is 0.891. The third kappa shape index (κ3) is 2.40. The van der Waals surface area contributed by atoms with Gasteiger partial charge in [-0.15, -0.1) is 0 Å². The van der Waals surface area contributed by atoms with E-state index >= 15 is 0 Å². The summed E-state index contributed by atoms with van der Waals surface area (Å²) in [6.07, 6.45) is -0.540. The number of benzene rings is 2. The smallest absolute Gasteiger partial charge is 0.228 e. The van der Waals surface area contributed by atoms with E-state index in [1.165, 1.54) is 0 Å². The van der Waals surface area contributed by atoms with Crippen molar-refractivity contribution in [3.63, 3.8) is 0 Å². The largest absolute Gasteiger partial charge is 0.384 e. The van der Waals surface area contributed by atoms with Gasteiger partial charge < -0.3 is 10.4 Å². The van der Waals surface area contributed by atoms with Gasteiger partial charge in [-0.3, -0.25) is 4.79 Å².